The smallest absolute Gasteiger partial charge is 0.439 e. The summed E-state index contributed by atoms with van der Waals surface area (Å²) in [6.45, 7) is 0.390. The zero-order valence-electron chi connectivity index (χ0n) is 6.39. The van der Waals surface area contributed by atoms with Crippen LogP contribution in [0.25, 0.3) is 0 Å². The van der Waals surface area contributed by atoms with Gasteiger partial charge >= 0.3 is 29.6 Å². The molecule has 0 bridgehead atoms. The van der Waals surface area contributed by atoms with Crippen molar-refractivity contribution in [2.24, 2.45) is 0 Å². The normalized spacial score (nSPS) is 8.00. The van der Waals surface area contributed by atoms with Crippen LogP contribution < -0.4 is 29.6 Å². The van der Waals surface area contributed by atoms with Crippen LogP contribution in [0, 0.1) is 0 Å². The second-order valence-electron chi connectivity index (χ2n) is 1.37. The quantitative estimate of drug-likeness (QED) is 0.143. The Morgan fingerprint density at radius 3 is 1.27 bits per heavy atom. The van der Waals surface area contributed by atoms with Gasteiger partial charge < -0.3 is 23.2 Å². The molecule has 0 atom stereocenters. The van der Waals surface area contributed by atoms with Crippen LogP contribution >= 0.6 is 0 Å². The molecule has 3 N–H and O–H groups in total. The van der Waals surface area contributed by atoms with Crippen molar-refractivity contribution in [2.75, 3.05) is 13.2 Å². The number of aliphatic hydroxyl groups is 2. The Kier molecular flexibility index (Phi) is 27.6. The number of aliphatic hydroxyl groups excluding tert-OH is 2. The van der Waals surface area contributed by atoms with Crippen molar-refractivity contribution in [1.29, 1.82) is 0 Å². The predicted molar refractivity (Wildman–Crippen MR) is 34.8 cm³/mol. The number of hydrogen-bond donors (Lipinski definition) is 3. The maximum Gasteiger partial charge on any atom is 1.00 e. The van der Waals surface area contributed by atoms with E-state index in [4.69, 9.17) is 23.2 Å². The van der Waals surface area contributed by atoms with Gasteiger partial charge in [0.2, 0.25) is 0 Å². The molecule has 0 saturated heterocycles. The second kappa shape index (κ2) is 17.1. The summed E-state index contributed by atoms with van der Waals surface area (Å²) >= 11 is 0. The fourth-order valence-corrected chi connectivity index (χ4v) is 0.224. The fraction of sp³-hybridized carbons (Fsp3) is 1.00. The third-order valence-electron chi connectivity index (χ3n) is 0.566. The molecule has 0 radical (unpaired) electrons. The second-order valence-corrected chi connectivity index (χ2v) is 1.81. The van der Waals surface area contributed by atoms with Gasteiger partial charge in [-0.25, -0.2) is 0 Å². The standard InChI is InChI=1S/C4H10O2.Na.HO3S/c5-3-1-2-4-6;;1-4(2)3/h5-6H,1-4H2;;(H,1,2,3)/q;+1;-1. The van der Waals surface area contributed by atoms with E-state index in [-0.39, 0.29) is 42.8 Å². The Balaban J connectivity index is -0.000000114. The average Bonchev–Trinajstić information content (AvgIpc) is 1.82. The van der Waals surface area contributed by atoms with E-state index in [2.05, 4.69) is 0 Å². The summed E-state index contributed by atoms with van der Waals surface area (Å²) in [6.07, 6.45) is 1.44. The van der Waals surface area contributed by atoms with Crippen LogP contribution in [0.2, 0.25) is 0 Å². The van der Waals surface area contributed by atoms with Gasteiger partial charge in [0, 0.05) is 24.2 Å². The van der Waals surface area contributed by atoms with Gasteiger partial charge in [0.15, 0.2) is 0 Å². The van der Waals surface area contributed by atoms with E-state index < -0.39 is 11.0 Å². The maximum absolute atomic E-state index is 8.56. The molecule has 0 aliphatic carbocycles. The molecule has 0 aromatic carbocycles. The van der Waals surface area contributed by atoms with E-state index in [9.17, 15) is 0 Å². The van der Waals surface area contributed by atoms with E-state index in [1.165, 1.54) is 0 Å². The first-order chi connectivity index (χ1) is 4.65. The van der Waals surface area contributed by atoms with Gasteiger partial charge in [-0.1, -0.05) is 0 Å². The molecule has 0 amide bonds. The molecule has 0 fully saturated rings. The largest absolute Gasteiger partial charge is 1.00 e. The monoisotopic (exact) mass is 194 g/mol. The van der Waals surface area contributed by atoms with Crippen molar-refractivity contribution >= 4 is 11.0 Å². The molecular formula is C4H11NaO5S. The summed E-state index contributed by atoms with van der Waals surface area (Å²) in [5.74, 6) is 0. The molecule has 0 rings (SSSR count). The summed E-state index contributed by atoms with van der Waals surface area (Å²) in [5.41, 5.74) is 0. The maximum atomic E-state index is 8.56. The van der Waals surface area contributed by atoms with Crippen LogP contribution in [-0.4, -0.2) is 28.0 Å². The Morgan fingerprint density at radius 1 is 1.00 bits per heavy atom. The average molecular weight is 194 g/mol. The Hall–Kier alpha value is 0.830. The molecule has 0 aliphatic heterocycles. The molecule has 0 aromatic heterocycles. The molecule has 11 heavy (non-hydrogen) atoms. The van der Waals surface area contributed by atoms with Crippen molar-refractivity contribution in [3.8, 4) is 0 Å². The van der Waals surface area contributed by atoms with Gasteiger partial charge in [0.25, 0.3) is 0 Å². The van der Waals surface area contributed by atoms with Crippen molar-refractivity contribution in [3.63, 3.8) is 0 Å². The molecule has 0 aliphatic rings. The third kappa shape index (κ3) is 57.6. The van der Waals surface area contributed by atoms with Crippen LogP contribution in [0.4, 0.5) is 0 Å². The first kappa shape index (κ1) is 17.8. The summed E-state index contributed by atoms with van der Waals surface area (Å²) in [5, 5.41) is 16.2. The first-order valence-electron chi connectivity index (χ1n) is 2.65. The molecule has 64 valence electrons. The van der Waals surface area contributed by atoms with Crippen molar-refractivity contribution in [2.45, 2.75) is 12.8 Å². The molecular weight excluding hydrogens is 183 g/mol. The zero-order chi connectivity index (χ0) is 8.41. The topological polar surface area (TPSA) is 94.8 Å². The minimum absolute atomic E-state index is 0. The van der Waals surface area contributed by atoms with Crippen molar-refractivity contribution in [3.05, 3.63) is 0 Å². The van der Waals surface area contributed by atoms with Crippen LogP contribution in [0.15, 0.2) is 0 Å². The van der Waals surface area contributed by atoms with E-state index >= 15 is 0 Å². The van der Waals surface area contributed by atoms with Crippen LogP contribution in [0.1, 0.15) is 12.8 Å². The Morgan fingerprint density at radius 2 is 1.18 bits per heavy atom. The minimum atomic E-state index is -2.86. The minimum Gasteiger partial charge on any atom is -0.439 e. The van der Waals surface area contributed by atoms with Crippen LogP contribution in [-0.2, 0) is 19.4 Å². The summed E-state index contributed by atoms with van der Waals surface area (Å²) in [4.78, 5) is 0. The zero-order valence-corrected chi connectivity index (χ0v) is 9.21. The Bertz CT molecular complexity index is 103. The van der Waals surface area contributed by atoms with Gasteiger partial charge in [-0.3, -0.25) is 0 Å². The molecule has 5 nitrogen and oxygen atoms in total. The number of unbranched alkanes of at least 4 members (excludes halogenated alkanes) is 1. The summed E-state index contributed by atoms with van der Waals surface area (Å²) in [7, 11) is -2.86. The van der Waals surface area contributed by atoms with Crippen LogP contribution in [0.3, 0.4) is 0 Å². The van der Waals surface area contributed by atoms with Gasteiger partial charge in [0.05, 0.1) is 0 Å². The van der Waals surface area contributed by atoms with E-state index in [0.717, 1.165) is 12.8 Å². The van der Waals surface area contributed by atoms with E-state index in [1.807, 2.05) is 0 Å². The number of hydrogen-bond acceptors (Lipinski definition) is 5. The predicted octanol–water partition coefficient (Wildman–Crippen LogP) is -3.48. The molecule has 0 saturated carbocycles. The number of rotatable bonds is 3. The summed E-state index contributed by atoms with van der Waals surface area (Å²) < 4.78 is 24.1. The van der Waals surface area contributed by atoms with Gasteiger partial charge in [-0.05, 0) is 12.8 Å². The van der Waals surface area contributed by atoms with E-state index in [1.54, 1.807) is 0 Å². The SMILES string of the molecule is O=[S-](=O)O.OCCCCO.[Na+]. The van der Waals surface area contributed by atoms with Gasteiger partial charge in [-0.15, -0.1) is 0 Å². The van der Waals surface area contributed by atoms with Gasteiger partial charge in [0.1, 0.15) is 0 Å². The Labute approximate surface area is 89.5 Å². The van der Waals surface area contributed by atoms with Crippen LogP contribution in [0.5, 0.6) is 0 Å². The molecule has 7 heteroatoms. The molecule has 0 unspecified atom stereocenters. The third-order valence-corrected chi connectivity index (χ3v) is 0.566. The van der Waals surface area contributed by atoms with E-state index in [0.29, 0.717) is 0 Å². The first-order valence-corrected chi connectivity index (χ1v) is 3.68. The fourth-order valence-electron chi connectivity index (χ4n) is 0.224. The summed E-state index contributed by atoms with van der Waals surface area (Å²) in [6, 6.07) is 0. The van der Waals surface area contributed by atoms with Crippen molar-refractivity contribution in [1.82, 2.24) is 0 Å². The molecule has 0 aromatic rings. The van der Waals surface area contributed by atoms with Crippen molar-refractivity contribution < 1.29 is 52.7 Å². The van der Waals surface area contributed by atoms with Gasteiger partial charge in [-0.2, -0.15) is 0 Å². The molecule has 0 spiro atoms. The molecule has 0 heterocycles.